The number of para-hydroxylation sites is 1. The van der Waals surface area contributed by atoms with Crippen molar-refractivity contribution in [2.45, 2.75) is 19.5 Å². The Kier molecular flexibility index (Phi) is 4.74. The minimum Gasteiger partial charge on any atom is -0.482 e. The van der Waals surface area contributed by atoms with E-state index in [2.05, 4.69) is 10.4 Å². The summed E-state index contributed by atoms with van der Waals surface area (Å²) >= 11 is 6.34. The third-order valence-corrected chi connectivity index (χ3v) is 4.88. The molecule has 29 heavy (non-hydrogen) atoms. The van der Waals surface area contributed by atoms with Crippen LogP contribution in [0, 0.1) is 0 Å². The molecule has 0 radical (unpaired) electrons. The summed E-state index contributed by atoms with van der Waals surface area (Å²) in [6, 6.07) is 10.9. The topological polar surface area (TPSA) is 56.2 Å². The van der Waals surface area contributed by atoms with Crippen molar-refractivity contribution in [3.63, 3.8) is 0 Å². The Hall–Kier alpha value is -3.00. The number of alkyl halides is 3. The van der Waals surface area contributed by atoms with Crippen molar-refractivity contribution < 1.29 is 22.7 Å². The number of hydrogen-bond acceptors (Lipinski definition) is 3. The van der Waals surface area contributed by atoms with Gasteiger partial charge in [0.05, 0.1) is 22.1 Å². The second kappa shape index (κ2) is 7.11. The Morgan fingerprint density at radius 2 is 2.03 bits per heavy atom. The maximum absolute atomic E-state index is 13.4. The second-order valence-electron chi connectivity index (χ2n) is 6.47. The molecule has 1 aliphatic heterocycles. The highest BCUT2D eigenvalue weighted by Gasteiger charge is 2.36. The molecule has 2 aromatic carbocycles. The number of halogens is 4. The molecule has 5 nitrogen and oxygen atoms in total. The lowest BCUT2D eigenvalue weighted by molar-refractivity contribution is -0.141. The van der Waals surface area contributed by atoms with Gasteiger partial charge in [-0.3, -0.25) is 4.79 Å². The first-order chi connectivity index (χ1) is 13.8. The Labute approximate surface area is 169 Å². The number of ether oxygens (including phenoxy) is 1. The molecule has 0 saturated carbocycles. The zero-order valence-corrected chi connectivity index (χ0v) is 15.9. The van der Waals surface area contributed by atoms with Gasteiger partial charge >= 0.3 is 6.18 Å². The van der Waals surface area contributed by atoms with Gasteiger partial charge in [-0.25, -0.2) is 4.68 Å². The zero-order chi connectivity index (χ0) is 20.8. The number of nitrogens with zero attached hydrogens (tertiary/aromatic N) is 2. The summed E-state index contributed by atoms with van der Waals surface area (Å²) < 4.78 is 46.8. The molecule has 0 atom stereocenters. The lowest BCUT2D eigenvalue weighted by Gasteiger charge is -2.19. The van der Waals surface area contributed by atoms with E-state index in [1.807, 2.05) is 6.92 Å². The van der Waals surface area contributed by atoms with E-state index < -0.39 is 11.9 Å². The van der Waals surface area contributed by atoms with Gasteiger partial charge in [-0.1, -0.05) is 30.7 Å². The molecule has 0 spiro atoms. The van der Waals surface area contributed by atoms with Crippen molar-refractivity contribution in [2.75, 3.05) is 11.9 Å². The molecule has 2 heterocycles. The summed E-state index contributed by atoms with van der Waals surface area (Å²) in [5.41, 5.74) is 1.12. The third-order valence-electron chi connectivity index (χ3n) is 4.57. The highest BCUT2D eigenvalue weighted by Crippen LogP contribution is 2.38. The van der Waals surface area contributed by atoms with E-state index in [9.17, 15) is 18.0 Å². The van der Waals surface area contributed by atoms with E-state index in [4.69, 9.17) is 16.3 Å². The van der Waals surface area contributed by atoms with Gasteiger partial charge in [0.15, 0.2) is 12.3 Å². The second-order valence-corrected chi connectivity index (χ2v) is 6.88. The molecule has 1 amide bonds. The van der Waals surface area contributed by atoms with E-state index >= 15 is 0 Å². The van der Waals surface area contributed by atoms with Gasteiger partial charge in [-0.05, 0) is 42.3 Å². The largest absolute Gasteiger partial charge is 0.482 e. The predicted octanol–water partition coefficient (Wildman–Crippen LogP) is 5.10. The van der Waals surface area contributed by atoms with Crippen LogP contribution >= 0.6 is 11.6 Å². The molecular weight excluding hydrogens is 407 g/mol. The summed E-state index contributed by atoms with van der Waals surface area (Å²) in [5.74, 6) is 0.112. The van der Waals surface area contributed by atoms with Crippen molar-refractivity contribution in [3.8, 4) is 22.7 Å². The van der Waals surface area contributed by atoms with Crippen molar-refractivity contribution in [3.05, 3.63) is 58.7 Å². The first-order valence-corrected chi connectivity index (χ1v) is 9.18. The molecule has 0 unspecified atom stereocenters. The number of carbonyl (C=O) groups is 1. The molecule has 4 rings (SSSR count). The minimum atomic E-state index is -4.63. The quantitative estimate of drug-likeness (QED) is 0.639. The summed E-state index contributed by atoms with van der Waals surface area (Å²) in [4.78, 5) is 11.6. The number of hydrogen-bond donors (Lipinski definition) is 1. The van der Waals surface area contributed by atoms with Crippen LogP contribution < -0.4 is 10.1 Å². The molecular formula is C20H15ClF3N3O2. The highest BCUT2D eigenvalue weighted by molar-refractivity contribution is 6.32. The molecule has 9 heteroatoms. The van der Waals surface area contributed by atoms with Crippen LogP contribution in [0.2, 0.25) is 5.02 Å². The SMILES string of the molecule is CCc1cccc(Cl)c1-n1nc(C(F)(F)F)cc1-c1ccc2c(c1)NC(=O)CO2. The summed E-state index contributed by atoms with van der Waals surface area (Å²) in [5, 5.41) is 6.76. The van der Waals surface area contributed by atoms with Gasteiger partial charge in [0.25, 0.3) is 5.91 Å². The van der Waals surface area contributed by atoms with Crippen LogP contribution in [0.15, 0.2) is 42.5 Å². The van der Waals surface area contributed by atoms with Crippen LogP contribution in [0.4, 0.5) is 18.9 Å². The van der Waals surface area contributed by atoms with Crippen LogP contribution in [-0.4, -0.2) is 22.3 Å². The van der Waals surface area contributed by atoms with Crippen LogP contribution in [0.5, 0.6) is 5.75 Å². The van der Waals surface area contributed by atoms with Crippen molar-refractivity contribution in [1.29, 1.82) is 0 Å². The fourth-order valence-electron chi connectivity index (χ4n) is 3.22. The maximum Gasteiger partial charge on any atom is 0.435 e. The highest BCUT2D eigenvalue weighted by atomic mass is 35.5. The molecule has 1 aromatic heterocycles. The smallest absolute Gasteiger partial charge is 0.435 e. The van der Waals surface area contributed by atoms with Crippen LogP contribution in [0.1, 0.15) is 18.2 Å². The molecule has 3 aromatic rings. The molecule has 0 saturated heterocycles. The fourth-order valence-corrected chi connectivity index (χ4v) is 3.49. The molecule has 150 valence electrons. The maximum atomic E-state index is 13.4. The average Bonchev–Trinajstić information content (AvgIpc) is 3.12. The summed E-state index contributed by atoms with van der Waals surface area (Å²) in [6.45, 7) is 1.77. The lowest BCUT2D eigenvalue weighted by Crippen LogP contribution is -2.25. The van der Waals surface area contributed by atoms with E-state index in [-0.39, 0.29) is 23.2 Å². The van der Waals surface area contributed by atoms with E-state index in [0.717, 1.165) is 11.6 Å². The molecule has 0 fully saturated rings. The van der Waals surface area contributed by atoms with Crippen LogP contribution in [0.3, 0.4) is 0 Å². The van der Waals surface area contributed by atoms with Gasteiger partial charge < -0.3 is 10.1 Å². The first-order valence-electron chi connectivity index (χ1n) is 8.80. The number of nitrogens with one attached hydrogen (secondary N) is 1. The van der Waals surface area contributed by atoms with Gasteiger partial charge in [0.1, 0.15) is 5.75 Å². The van der Waals surface area contributed by atoms with Gasteiger partial charge in [-0.2, -0.15) is 18.3 Å². The fraction of sp³-hybridized carbons (Fsp3) is 0.200. The first kappa shape index (κ1) is 19.3. The number of fused-ring (bicyclic) bond motifs is 1. The van der Waals surface area contributed by atoms with E-state index in [1.54, 1.807) is 36.4 Å². The number of amides is 1. The van der Waals surface area contributed by atoms with Gasteiger partial charge in [0.2, 0.25) is 0 Å². The lowest BCUT2D eigenvalue weighted by atomic mass is 10.1. The molecule has 0 bridgehead atoms. The number of rotatable bonds is 3. The predicted molar refractivity (Wildman–Crippen MR) is 103 cm³/mol. The summed E-state index contributed by atoms with van der Waals surface area (Å²) in [6.07, 6.45) is -4.07. The molecule has 0 aliphatic carbocycles. The van der Waals surface area contributed by atoms with E-state index in [1.165, 1.54) is 4.68 Å². The third kappa shape index (κ3) is 3.55. The van der Waals surface area contributed by atoms with E-state index in [0.29, 0.717) is 29.1 Å². The van der Waals surface area contributed by atoms with Crippen LogP contribution in [-0.2, 0) is 17.4 Å². The number of carbonyl (C=O) groups excluding carboxylic acids is 1. The summed E-state index contributed by atoms with van der Waals surface area (Å²) in [7, 11) is 0. The van der Waals surface area contributed by atoms with Crippen molar-refractivity contribution >= 4 is 23.2 Å². The molecule has 1 N–H and O–H groups in total. The molecule has 1 aliphatic rings. The Morgan fingerprint density at radius 1 is 1.24 bits per heavy atom. The number of anilines is 1. The van der Waals surface area contributed by atoms with Crippen molar-refractivity contribution in [2.24, 2.45) is 0 Å². The number of aromatic nitrogens is 2. The van der Waals surface area contributed by atoms with Crippen molar-refractivity contribution in [1.82, 2.24) is 9.78 Å². The monoisotopic (exact) mass is 421 g/mol. The average molecular weight is 422 g/mol. The standard InChI is InChI=1S/C20H15ClF3N3O2/c1-2-11-4-3-5-13(21)19(11)27-15(9-17(26-27)20(22,23)24)12-6-7-16-14(8-12)25-18(28)10-29-16/h3-9H,2,10H2,1H3,(H,25,28). The number of aryl methyl sites for hydroxylation is 1. The van der Waals surface area contributed by atoms with Crippen LogP contribution in [0.25, 0.3) is 16.9 Å². The van der Waals surface area contributed by atoms with Gasteiger partial charge in [0, 0.05) is 5.56 Å². The zero-order valence-electron chi connectivity index (χ0n) is 15.2. The number of benzene rings is 2. The Morgan fingerprint density at radius 3 is 2.76 bits per heavy atom. The van der Waals surface area contributed by atoms with Gasteiger partial charge in [-0.15, -0.1) is 0 Å². The normalized spacial score (nSPS) is 13.6. The Balaban J connectivity index is 1.94. The minimum absolute atomic E-state index is 0.109. The Bertz CT molecular complexity index is 1110.